The fourth-order valence-electron chi connectivity index (χ4n) is 2.06. The lowest BCUT2D eigenvalue weighted by Gasteiger charge is -2.25. The van der Waals surface area contributed by atoms with Crippen molar-refractivity contribution in [3.63, 3.8) is 0 Å². The maximum atomic E-state index is 9.64. The predicted molar refractivity (Wildman–Crippen MR) is 89.3 cm³/mol. The van der Waals surface area contributed by atoms with Gasteiger partial charge in [0.05, 0.1) is 19.3 Å². The van der Waals surface area contributed by atoms with Crippen molar-refractivity contribution in [2.45, 2.75) is 69.9 Å². The van der Waals surface area contributed by atoms with Gasteiger partial charge < -0.3 is 35.1 Å². The van der Waals surface area contributed by atoms with E-state index in [9.17, 15) is 20.4 Å². The fourth-order valence-corrected chi connectivity index (χ4v) is 2.06. The fraction of sp³-hybridized carbons (Fsp3) is 1.00. The molecular weight excluding hydrogens is 318 g/mol. The van der Waals surface area contributed by atoms with Crippen LogP contribution in [-0.4, -0.2) is 82.9 Å². The van der Waals surface area contributed by atoms with Gasteiger partial charge in [0, 0.05) is 19.8 Å². The number of aliphatic hydroxyl groups is 5. The molecule has 0 heterocycles. The summed E-state index contributed by atoms with van der Waals surface area (Å²) in [4.78, 5) is 5.14. The van der Waals surface area contributed by atoms with Crippen molar-refractivity contribution in [2.24, 2.45) is 0 Å². The van der Waals surface area contributed by atoms with E-state index in [0.717, 1.165) is 51.7 Å². The molecule has 0 spiro atoms. The number of nitrogens with one attached hydrogen (secondary N) is 1. The molecule has 0 radical (unpaired) electrons. The Morgan fingerprint density at radius 1 is 0.792 bits per heavy atom. The third-order valence-electron chi connectivity index (χ3n) is 3.60. The predicted octanol–water partition coefficient (Wildman–Crippen LogP) is -0.679. The maximum Gasteiger partial charge on any atom is 0.111 e. The first-order chi connectivity index (χ1) is 11.5. The highest BCUT2D eigenvalue weighted by Crippen LogP contribution is 2.05. The third-order valence-corrected chi connectivity index (χ3v) is 3.60. The van der Waals surface area contributed by atoms with Gasteiger partial charge >= 0.3 is 0 Å². The topological polar surface area (TPSA) is 132 Å². The van der Waals surface area contributed by atoms with Crippen LogP contribution in [0.4, 0.5) is 0 Å². The van der Waals surface area contributed by atoms with Crippen LogP contribution in [0.15, 0.2) is 0 Å². The van der Waals surface area contributed by atoms with Crippen molar-refractivity contribution in [3.05, 3.63) is 0 Å². The van der Waals surface area contributed by atoms with E-state index in [4.69, 9.17) is 14.7 Å². The number of hydroxylamine groups is 1. The summed E-state index contributed by atoms with van der Waals surface area (Å²) in [5, 5.41) is 46.5. The first-order valence-electron chi connectivity index (χ1n) is 8.80. The van der Waals surface area contributed by atoms with E-state index in [1.54, 1.807) is 0 Å². The quantitative estimate of drug-likeness (QED) is 0.150. The molecule has 0 aliphatic heterocycles. The summed E-state index contributed by atoms with van der Waals surface area (Å²) in [7, 11) is 0. The number of hydrogen-bond acceptors (Lipinski definition) is 8. The Labute approximate surface area is 144 Å². The molecule has 146 valence electrons. The van der Waals surface area contributed by atoms with Gasteiger partial charge in [-0.1, -0.05) is 26.2 Å². The van der Waals surface area contributed by atoms with Crippen molar-refractivity contribution < 1.29 is 35.1 Å². The number of ether oxygens (including phenoxy) is 1. The highest BCUT2D eigenvalue weighted by molar-refractivity contribution is 4.80. The van der Waals surface area contributed by atoms with Gasteiger partial charge in [0.2, 0.25) is 0 Å². The minimum atomic E-state index is -1.62. The molecule has 4 atom stereocenters. The minimum absolute atomic E-state index is 0.0921. The van der Waals surface area contributed by atoms with Crippen LogP contribution in [0, 0.1) is 0 Å². The second kappa shape index (κ2) is 16.2. The second-order valence-electron chi connectivity index (χ2n) is 5.88. The zero-order chi connectivity index (χ0) is 18.2. The largest absolute Gasteiger partial charge is 0.394 e. The summed E-state index contributed by atoms with van der Waals surface area (Å²) in [5.74, 6) is 0. The maximum absolute atomic E-state index is 9.64. The first-order valence-corrected chi connectivity index (χ1v) is 8.80. The van der Waals surface area contributed by atoms with Crippen LogP contribution >= 0.6 is 0 Å². The Kier molecular flexibility index (Phi) is 15.9. The number of unbranched alkanes of at least 4 members (excludes halogenated alkanes) is 4. The summed E-state index contributed by atoms with van der Waals surface area (Å²) >= 11 is 0. The molecule has 0 amide bonds. The molecule has 0 bridgehead atoms. The van der Waals surface area contributed by atoms with Crippen LogP contribution in [0.3, 0.4) is 0 Å². The lowest BCUT2D eigenvalue weighted by Crippen LogP contribution is -2.49. The summed E-state index contributed by atoms with van der Waals surface area (Å²) in [5.41, 5.74) is 2.52. The molecule has 6 N–H and O–H groups in total. The highest BCUT2D eigenvalue weighted by Gasteiger charge is 2.29. The van der Waals surface area contributed by atoms with Gasteiger partial charge in [-0.2, -0.15) is 5.48 Å². The average Bonchev–Trinajstić information content (AvgIpc) is 2.60. The Morgan fingerprint density at radius 3 is 2.00 bits per heavy atom. The van der Waals surface area contributed by atoms with Gasteiger partial charge in [-0.3, -0.25) is 0 Å². The Morgan fingerprint density at radius 2 is 1.38 bits per heavy atom. The highest BCUT2D eigenvalue weighted by atomic mass is 16.6. The SMILES string of the molecule is CCCOCCCCCCCONCC(O)C(O)C(O)C(O)CO. The van der Waals surface area contributed by atoms with Gasteiger partial charge in [-0.25, -0.2) is 0 Å². The molecule has 0 aromatic rings. The zero-order valence-corrected chi connectivity index (χ0v) is 14.6. The van der Waals surface area contributed by atoms with Crippen molar-refractivity contribution >= 4 is 0 Å². The molecule has 0 saturated heterocycles. The van der Waals surface area contributed by atoms with Crippen LogP contribution in [0.2, 0.25) is 0 Å². The van der Waals surface area contributed by atoms with Crippen molar-refractivity contribution in [1.82, 2.24) is 5.48 Å². The molecule has 4 unspecified atom stereocenters. The first kappa shape index (κ1) is 23.7. The van der Waals surface area contributed by atoms with E-state index in [-0.39, 0.29) is 6.54 Å². The second-order valence-corrected chi connectivity index (χ2v) is 5.88. The summed E-state index contributed by atoms with van der Waals surface area (Å²) in [6.07, 6.45) is 0.300. The molecule has 0 rings (SSSR count). The Balaban J connectivity index is 3.43. The molecule has 24 heavy (non-hydrogen) atoms. The third kappa shape index (κ3) is 12.1. The smallest absolute Gasteiger partial charge is 0.111 e. The van der Waals surface area contributed by atoms with Gasteiger partial charge in [0.25, 0.3) is 0 Å². The molecule has 0 aliphatic carbocycles. The van der Waals surface area contributed by atoms with Crippen LogP contribution in [0.25, 0.3) is 0 Å². The van der Waals surface area contributed by atoms with Crippen molar-refractivity contribution in [3.8, 4) is 0 Å². The van der Waals surface area contributed by atoms with Crippen molar-refractivity contribution in [2.75, 3.05) is 33.0 Å². The lowest BCUT2D eigenvalue weighted by molar-refractivity contribution is -0.121. The molecule has 0 saturated carbocycles. The van der Waals surface area contributed by atoms with Gasteiger partial charge in [0.15, 0.2) is 0 Å². The van der Waals surface area contributed by atoms with Gasteiger partial charge in [-0.05, 0) is 19.3 Å². The number of aliphatic hydroxyl groups excluding tert-OH is 5. The molecule has 0 aliphatic rings. The normalized spacial score (nSPS) is 16.8. The number of rotatable bonds is 17. The minimum Gasteiger partial charge on any atom is -0.394 e. The Bertz CT molecular complexity index is 271. The monoisotopic (exact) mass is 353 g/mol. The Hall–Kier alpha value is -0.320. The molecule has 0 aromatic heterocycles. The van der Waals surface area contributed by atoms with Gasteiger partial charge in [-0.15, -0.1) is 0 Å². The van der Waals surface area contributed by atoms with E-state index in [2.05, 4.69) is 12.4 Å². The summed E-state index contributed by atoms with van der Waals surface area (Å²) < 4.78 is 5.40. The molecule has 0 fully saturated rings. The number of hydrogen-bond donors (Lipinski definition) is 6. The zero-order valence-electron chi connectivity index (χ0n) is 14.6. The standard InChI is InChI=1S/C16H35NO7/c1-2-8-23-9-6-4-3-5-7-10-24-17-11-13(19)15(21)16(22)14(20)12-18/h13-22H,2-12H2,1H3. The summed E-state index contributed by atoms with van der Waals surface area (Å²) in [6.45, 7) is 3.44. The molecule has 0 aromatic carbocycles. The molecular formula is C16H35NO7. The molecule has 8 heteroatoms. The molecule has 8 nitrogen and oxygen atoms in total. The lowest BCUT2D eigenvalue weighted by atomic mass is 10.0. The van der Waals surface area contributed by atoms with E-state index >= 15 is 0 Å². The van der Waals surface area contributed by atoms with Crippen molar-refractivity contribution in [1.29, 1.82) is 0 Å². The average molecular weight is 353 g/mol. The summed E-state index contributed by atoms with van der Waals surface area (Å²) in [6, 6.07) is 0. The van der Waals surface area contributed by atoms with E-state index in [0.29, 0.717) is 6.61 Å². The van der Waals surface area contributed by atoms with Crippen LogP contribution in [0.5, 0.6) is 0 Å². The van der Waals surface area contributed by atoms with E-state index < -0.39 is 31.0 Å². The van der Waals surface area contributed by atoms with E-state index in [1.807, 2.05) is 0 Å². The van der Waals surface area contributed by atoms with Crippen LogP contribution in [-0.2, 0) is 9.57 Å². The van der Waals surface area contributed by atoms with E-state index in [1.165, 1.54) is 0 Å². The van der Waals surface area contributed by atoms with Crippen LogP contribution in [0.1, 0.15) is 45.4 Å². The van der Waals surface area contributed by atoms with Gasteiger partial charge in [0.1, 0.15) is 18.3 Å². The van der Waals surface area contributed by atoms with Crippen LogP contribution < -0.4 is 5.48 Å².